The topological polar surface area (TPSA) is 21.7 Å². The zero-order valence-corrected chi connectivity index (χ0v) is 30.7. The highest BCUT2D eigenvalue weighted by molar-refractivity contribution is 6.09. The molecule has 1 spiro atoms. The van der Waals surface area contributed by atoms with Crippen molar-refractivity contribution in [3.05, 3.63) is 184 Å². The fourth-order valence-corrected chi connectivity index (χ4v) is 9.70. The number of fused-ring (bicyclic) bond motifs is 13. The molecule has 54 heavy (non-hydrogen) atoms. The van der Waals surface area contributed by atoms with E-state index in [0.717, 1.165) is 57.8 Å². The largest absolute Gasteiger partial charge is 0.473 e. The fourth-order valence-electron chi connectivity index (χ4n) is 9.70. The first-order chi connectivity index (χ1) is 26.5. The highest BCUT2D eigenvalue weighted by Gasteiger charge is 2.50. The van der Waals surface area contributed by atoms with Crippen molar-refractivity contribution in [2.24, 2.45) is 0 Å². The minimum absolute atomic E-state index is 0.830. The highest BCUT2D eigenvalue weighted by Crippen LogP contribution is 2.60. The first-order valence-corrected chi connectivity index (χ1v) is 19.4. The van der Waals surface area contributed by atoms with Crippen LogP contribution >= 0.6 is 0 Å². The molecular weight excluding hydrogens is 659 g/mol. The lowest BCUT2D eigenvalue weighted by Gasteiger charge is -2.40. The lowest BCUT2D eigenvalue weighted by Crippen LogP contribution is -2.37. The molecule has 7 aromatic rings. The minimum atomic E-state index is -0.841. The number of hydrogen-bond donors (Lipinski definition) is 0. The van der Waals surface area contributed by atoms with Crippen LogP contribution in [0, 0.1) is 13.8 Å². The van der Waals surface area contributed by atoms with Gasteiger partial charge in [0.05, 0.1) is 0 Å². The van der Waals surface area contributed by atoms with E-state index in [1.807, 2.05) is 0 Å². The number of anilines is 1. The van der Waals surface area contributed by atoms with Gasteiger partial charge in [-0.1, -0.05) is 120 Å². The lowest BCUT2D eigenvalue weighted by molar-refractivity contribution is 0.154. The van der Waals surface area contributed by atoms with Crippen LogP contribution < -0.4 is 14.4 Å². The third-order valence-electron chi connectivity index (χ3n) is 12.3. The van der Waals surface area contributed by atoms with E-state index in [2.05, 4.69) is 170 Å². The van der Waals surface area contributed by atoms with Crippen molar-refractivity contribution >= 4 is 39.4 Å². The highest BCUT2D eigenvalue weighted by atomic mass is 16.5. The zero-order chi connectivity index (χ0) is 36.0. The number of benzene rings is 7. The summed E-state index contributed by atoms with van der Waals surface area (Å²) in [6.45, 7) is 6.58. The number of rotatable bonds is 3. The van der Waals surface area contributed by atoms with Crippen molar-refractivity contribution in [3.8, 4) is 22.6 Å². The zero-order valence-electron chi connectivity index (χ0n) is 30.7. The molecule has 1 aliphatic carbocycles. The summed E-state index contributed by atoms with van der Waals surface area (Å²) in [5, 5.41) is 4.70. The van der Waals surface area contributed by atoms with E-state index in [0.29, 0.717) is 0 Å². The first kappa shape index (κ1) is 31.5. The summed E-state index contributed by atoms with van der Waals surface area (Å²) in [6, 6.07) is 46.4. The maximum atomic E-state index is 7.67. The van der Waals surface area contributed by atoms with Crippen molar-refractivity contribution < 1.29 is 9.47 Å². The van der Waals surface area contributed by atoms with Gasteiger partial charge in [-0.15, -0.1) is 0 Å². The maximum absolute atomic E-state index is 7.67. The van der Waals surface area contributed by atoms with E-state index >= 15 is 0 Å². The van der Waals surface area contributed by atoms with Crippen LogP contribution in [0.25, 0.3) is 44.8 Å². The molecule has 0 bridgehead atoms. The summed E-state index contributed by atoms with van der Waals surface area (Å²) >= 11 is 0. The molecule has 0 saturated carbocycles. The molecular formula is C51H41NO2. The molecule has 7 aromatic carbocycles. The van der Waals surface area contributed by atoms with Crippen LogP contribution in [0.1, 0.15) is 63.8 Å². The Kier molecular flexibility index (Phi) is 6.83. The van der Waals surface area contributed by atoms with Crippen LogP contribution in [-0.2, 0) is 11.2 Å². The summed E-state index contributed by atoms with van der Waals surface area (Å²) in [5.41, 5.74) is 11.2. The number of ether oxygens (including phenoxy) is 2. The third-order valence-corrected chi connectivity index (χ3v) is 12.3. The summed E-state index contributed by atoms with van der Waals surface area (Å²) in [7, 11) is 0. The van der Waals surface area contributed by atoms with E-state index in [4.69, 9.17) is 9.47 Å². The van der Waals surface area contributed by atoms with Gasteiger partial charge in [-0.25, -0.2) is 0 Å². The third kappa shape index (κ3) is 4.48. The predicted molar refractivity (Wildman–Crippen MR) is 223 cm³/mol. The van der Waals surface area contributed by atoms with Gasteiger partial charge in [0.15, 0.2) is 11.2 Å². The van der Waals surface area contributed by atoms with Gasteiger partial charge in [0.2, 0.25) is 0 Å². The molecule has 11 rings (SSSR count). The van der Waals surface area contributed by atoms with Crippen LogP contribution in [-0.4, -0.2) is 13.1 Å². The van der Waals surface area contributed by atoms with E-state index in [1.54, 1.807) is 0 Å². The Balaban J connectivity index is 1.16. The van der Waals surface area contributed by atoms with Crippen molar-refractivity contribution in [2.45, 2.75) is 44.3 Å². The van der Waals surface area contributed by atoms with Gasteiger partial charge in [-0.3, -0.25) is 0 Å². The van der Waals surface area contributed by atoms with Crippen molar-refractivity contribution in [3.63, 3.8) is 0 Å². The molecule has 2 unspecified atom stereocenters. The maximum Gasteiger partial charge on any atom is 0.180 e. The van der Waals surface area contributed by atoms with Crippen LogP contribution in [0.2, 0.25) is 0 Å². The van der Waals surface area contributed by atoms with Crippen LogP contribution in [0.4, 0.5) is 5.69 Å². The Bertz CT molecular complexity index is 2720. The Morgan fingerprint density at radius 1 is 0.556 bits per heavy atom. The Morgan fingerprint density at radius 2 is 1.28 bits per heavy atom. The van der Waals surface area contributed by atoms with E-state index < -0.39 is 11.2 Å². The second-order valence-corrected chi connectivity index (χ2v) is 15.6. The molecule has 1 saturated heterocycles. The molecule has 0 aromatic heterocycles. The SMILES string of the molecule is Cc1ccc2c(c1)C1(C=Cc3c(ccc4ccccc34)O1)c1c3c(c4cc(C)ccc4c1-2)OC(c1ccccc1)(c1ccc(N2CCCCC2)cc1)C=C3. The number of nitrogens with zero attached hydrogens (tertiary/aromatic N) is 1. The molecule has 3 heterocycles. The number of hydrogen-bond acceptors (Lipinski definition) is 3. The molecule has 0 radical (unpaired) electrons. The van der Waals surface area contributed by atoms with Gasteiger partial charge >= 0.3 is 0 Å². The molecule has 0 amide bonds. The fraction of sp³-hybridized carbons (Fsp3) is 0.176. The first-order valence-electron chi connectivity index (χ1n) is 19.4. The van der Waals surface area contributed by atoms with Gasteiger partial charge in [-0.05, 0) is 103 Å². The van der Waals surface area contributed by atoms with Crippen LogP contribution in [0.15, 0.2) is 140 Å². The molecule has 262 valence electrons. The molecule has 3 heteroatoms. The molecule has 3 aliphatic heterocycles. The molecule has 4 aliphatic rings. The van der Waals surface area contributed by atoms with Crippen molar-refractivity contribution in [2.75, 3.05) is 18.0 Å². The van der Waals surface area contributed by atoms with Crippen LogP contribution in [0.3, 0.4) is 0 Å². The molecule has 3 nitrogen and oxygen atoms in total. The average Bonchev–Trinajstić information content (AvgIpc) is 3.49. The second kappa shape index (κ2) is 11.7. The molecule has 2 atom stereocenters. The summed E-state index contributed by atoms with van der Waals surface area (Å²) in [5.74, 6) is 1.78. The van der Waals surface area contributed by atoms with Gasteiger partial charge in [0.25, 0.3) is 0 Å². The van der Waals surface area contributed by atoms with Gasteiger partial charge in [0.1, 0.15) is 11.5 Å². The Morgan fingerprint density at radius 3 is 2.13 bits per heavy atom. The monoisotopic (exact) mass is 699 g/mol. The minimum Gasteiger partial charge on any atom is -0.473 e. The standard InChI is InChI=1S/C51H41NO2/c1-33-15-22-41-44(31-33)49-43(26-27-50(54-49,36-12-5-3-6-13-36)37-18-20-38(21-19-37)52-29-9-4-10-30-52)48-47(41)42-23-16-34(2)32-45(42)51(48)28-25-40-39-14-8-7-11-35(39)17-24-46(40)53-51/h3,5-8,11-28,31-32H,4,9-10,29-30H2,1-2H3. The van der Waals surface area contributed by atoms with Gasteiger partial charge < -0.3 is 14.4 Å². The van der Waals surface area contributed by atoms with Crippen molar-refractivity contribution in [1.82, 2.24) is 0 Å². The molecule has 1 fully saturated rings. The summed E-state index contributed by atoms with van der Waals surface area (Å²) < 4.78 is 15.1. The van der Waals surface area contributed by atoms with Gasteiger partial charge in [-0.2, -0.15) is 0 Å². The van der Waals surface area contributed by atoms with Crippen LogP contribution in [0.5, 0.6) is 11.5 Å². The second-order valence-electron chi connectivity index (χ2n) is 15.6. The Labute approximate surface area is 316 Å². The normalized spacial score (nSPS) is 20.7. The summed E-state index contributed by atoms with van der Waals surface area (Å²) in [6.07, 6.45) is 13.0. The number of aryl methyl sites for hydroxylation is 2. The van der Waals surface area contributed by atoms with E-state index in [-0.39, 0.29) is 0 Å². The Hall–Kier alpha value is -6.06. The quantitative estimate of drug-likeness (QED) is 0.183. The van der Waals surface area contributed by atoms with E-state index in [9.17, 15) is 0 Å². The van der Waals surface area contributed by atoms with Crippen molar-refractivity contribution in [1.29, 1.82) is 0 Å². The summed E-state index contributed by atoms with van der Waals surface area (Å²) in [4.78, 5) is 2.52. The van der Waals surface area contributed by atoms with E-state index in [1.165, 1.54) is 68.9 Å². The predicted octanol–water partition coefficient (Wildman–Crippen LogP) is 12.3. The smallest absolute Gasteiger partial charge is 0.180 e. The average molecular weight is 700 g/mol. The number of piperidine rings is 1. The lowest BCUT2D eigenvalue weighted by atomic mass is 9.79. The molecule has 0 N–H and O–H groups in total. The van der Waals surface area contributed by atoms with Gasteiger partial charge in [0, 0.05) is 57.5 Å².